The number of carbonyl (C=O) groups excluding carboxylic acids is 1. The lowest BCUT2D eigenvalue weighted by atomic mass is 9.97. The average Bonchev–Trinajstić information content (AvgIpc) is 2.23. The van der Waals surface area contributed by atoms with Crippen molar-refractivity contribution in [1.82, 2.24) is 5.32 Å². The number of nitrogens with one attached hydrogen (secondary N) is 1. The third-order valence-electron chi connectivity index (χ3n) is 2.51. The minimum absolute atomic E-state index is 0.389. The van der Waals surface area contributed by atoms with Crippen molar-refractivity contribution in [3.63, 3.8) is 0 Å². The van der Waals surface area contributed by atoms with Crippen LogP contribution >= 0.6 is 0 Å². The van der Waals surface area contributed by atoms with Crippen molar-refractivity contribution >= 4 is 5.91 Å². The van der Waals surface area contributed by atoms with Gasteiger partial charge < -0.3 is 30.1 Å². The molecule has 1 amide bonds. The van der Waals surface area contributed by atoms with Crippen molar-refractivity contribution in [3.8, 4) is 0 Å². The van der Waals surface area contributed by atoms with Crippen LogP contribution < -0.4 is 5.32 Å². The molecule has 4 N–H and O–H groups in total. The van der Waals surface area contributed by atoms with E-state index < -0.39 is 36.6 Å². The number of methoxy groups -OCH3 is 1. The van der Waals surface area contributed by atoms with Crippen LogP contribution in [0, 0.1) is 0 Å². The van der Waals surface area contributed by atoms with Crippen molar-refractivity contribution in [2.75, 3.05) is 13.7 Å². The molecule has 0 radical (unpaired) electrons. The zero-order valence-corrected chi connectivity index (χ0v) is 9.16. The van der Waals surface area contributed by atoms with E-state index in [-0.39, 0.29) is 6.61 Å². The van der Waals surface area contributed by atoms with Crippen molar-refractivity contribution < 1.29 is 29.6 Å². The van der Waals surface area contributed by atoms with Gasteiger partial charge in [0.25, 0.3) is 0 Å². The Morgan fingerprint density at radius 2 is 2.12 bits per heavy atom. The molecule has 94 valence electrons. The van der Waals surface area contributed by atoms with E-state index in [1.54, 1.807) is 0 Å². The van der Waals surface area contributed by atoms with Crippen molar-refractivity contribution in [2.45, 2.75) is 37.6 Å². The minimum Gasteiger partial charge on any atom is -0.394 e. The van der Waals surface area contributed by atoms with E-state index in [0.717, 1.165) is 0 Å². The fourth-order valence-corrected chi connectivity index (χ4v) is 1.76. The number of hydrogen-bond acceptors (Lipinski definition) is 6. The quantitative estimate of drug-likeness (QED) is 0.433. The number of ether oxygens (including phenoxy) is 2. The highest BCUT2D eigenvalue weighted by atomic mass is 16.6. The van der Waals surface area contributed by atoms with Crippen LogP contribution in [0.4, 0.5) is 0 Å². The zero-order valence-electron chi connectivity index (χ0n) is 9.16. The molecule has 1 rings (SSSR count). The smallest absolute Gasteiger partial charge is 0.217 e. The average molecular weight is 235 g/mol. The van der Waals surface area contributed by atoms with Crippen LogP contribution in [-0.2, 0) is 14.3 Å². The summed E-state index contributed by atoms with van der Waals surface area (Å²) in [7, 11) is 1.35. The Bertz CT molecular complexity index is 248. The molecule has 1 aliphatic heterocycles. The van der Waals surface area contributed by atoms with Crippen LogP contribution in [0.1, 0.15) is 6.92 Å². The highest BCUT2D eigenvalue weighted by molar-refractivity contribution is 5.73. The molecule has 16 heavy (non-hydrogen) atoms. The zero-order chi connectivity index (χ0) is 12.3. The molecule has 0 aliphatic carbocycles. The van der Waals surface area contributed by atoms with Gasteiger partial charge in [-0.1, -0.05) is 0 Å². The van der Waals surface area contributed by atoms with Gasteiger partial charge in [0.2, 0.25) is 5.91 Å². The van der Waals surface area contributed by atoms with Crippen LogP contribution in [0.25, 0.3) is 0 Å². The van der Waals surface area contributed by atoms with E-state index >= 15 is 0 Å². The van der Waals surface area contributed by atoms with Crippen LogP contribution in [0.15, 0.2) is 0 Å². The topological polar surface area (TPSA) is 108 Å². The fraction of sp³-hybridized carbons (Fsp3) is 0.889. The number of rotatable bonds is 3. The second kappa shape index (κ2) is 5.55. The predicted octanol–water partition coefficient (Wildman–Crippen LogP) is -2.42. The summed E-state index contributed by atoms with van der Waals surface area (Å²) in [4.78, 5) is 10.9. The van der Waals surface area contributed by atoms with Gasteiger partial charge in [-0.2, -0.15) is 0 Å². The van der Waals surface area contributed by atoms with Gasteiger partial charge in [0.05, 0.1) is 6.61 Å². The van der Waals surface area contributed by atoms with Crippen LogP contribution in [-0.4, -0.2) is 65.6 Å². The molecule has 1 saturated heterocycles. The van der Waals surface area contributed by atoms with Crippen LogP contribution in [0.2, 0.25) is 0 Å². The standard InChI is InChI=1S/C9H17NO6/c1-4(12)10-6-7(13)8(15-2)5(3-11)16-9(6)14/h5-9,11,13-14H,3H2,1-2H3,(H,10,12)/t5-,6-,7+,8-,9-/m1/s1. The van der Waals surface area contributed by atoms with Crippen molar-refractivity contribution in [3.05, 3.63) is 0 Å². The molecule has 5 atom stereocenters. The lowest BCUT2D eigenvalue weighted by molar-refractivity contribution is -0.258. The highest BCUT2D eigenvalue weighted by Crippen LogP contribution is 2.21. The Kier molecular flexibility index (Phi) is 4.63. The maximum absolute atomic E-state index is 10.9. The van der Waals surface area contributed by atoms with Gasteiger partial charge in [-0.25, -0.2) is 0 Å². The monoisotopic (exact) mass is 235 g/mol. The van der Waals surface area contributed by atoms with E-state index in [0.29, 0.717) is 0 Å². The Morgan fingerprint density at radius 3 is 2.56 bits per heavy atom. The number of hydrogen-bond donors (Lipinski definition) is 4. The van der Waals surface area contributed by atoms with E-state index in [2.05, 4.69) is 5.32 Å². The molecule has 0 bridgehead atoms. The summed E-state index contributed by atoms with van der Waals surface area (Å²) in [6.45, 7) is 0.874. The molecular weight excluding hydrogens is 218 g/mol. The summed E-state index contributed by atoms with van der Waals surface area (Å²) in [5, 5.41) is 30.7. The molecule has 0 spiro atoms. The second-order valence-electron chi connectivity index (χ2n) is 3.66. The molecule has 1 fully saturated rings. The van der Waals surface area contributed by atoms with Crippen LogP contribution in [0.5, 0.6) is 0 Å². The normalized spacial score (nSPS) is 39.4. The molecule has 0 saturated carbocycles. The number of carbonyl (C=O) groups is 1. The molecule has 7 nitrogen and oxygen atoms in total. The van der Waals surface area contributed by atoms with Gasteiger partial charge in [0.15, 0.2) is 6.29 Å². The van der Waals surface area contributed by atoms with E-state index in [1.165, 1.54) is 14.0 Å². The predicted molar refractivity (Wildman–Crippen MR) is 52.4 cm³/mol. The Morgan fingerprint density at radius 1 is 1.50 bits per heavy atom. The van der Waals surface area contributed by atoms with E-state index in [4.69, 9.17) is 14.6 Å². The van der Waals surface area contributed by atoms with Gasteiger partial charge in [-0.15, -0.1) is 0 Å². The summed E-state index contributed by atoms with van der Waals surface area (Å²) in [6, 6.07) is -0.967. The first kappa shape index (κ1) is 13.3. The third-order valence-corrected chi connectivity index (χ3v) is 2.51. The van der Waals surface area contributed by atoms with Gasteiger partial charge in [0, 0.05) is 14.0 Å². The Labute approximate surface area is 93.0 Å². The Balaban J connectivity index is 2.76. The molecule has 0 aromatic heterocycles. The number of aliphatic hydroxyl groups is 3. The number of amides is 1. The summed E-state index contributed by atoms with van der Waals surface area (Å²) in [6.07, 6.45) is -4.14. The number of aliphatic hydroxyl groups excluding tert-OH is 3. The molecule has 1 aliphatic rings. The Hall–Kier alpha value is -0.730. The maximum Gasteiger partial charge on any atom is 0.217 e. The first-order valence-electron chi connectivity index (χ1n) is 4.93. The van der Waals surface area contributed by atoms with Gasteiger partial charge >= 0.3 is 0 Å². The van der Waals surface area contributed by atoms with E-state index in [9.17, 15) is 15.0 Å². The van der Waals surface area contributed by atoms with Crippen LogP contribution in [0.3, 0.4) is 0 Å². The van der Waals surface area contributed by atoms with Gasteiger partial charge in [0.1, 0.15) is 24.4 Å². The maximum atomic E-state index is 10.9. The first-order chi connectivity index (χ1) is 7.51. The molecular formula is C9H17NO6. The summed E-state index contributed by atoms with van der Waals surface area (Å²) >= 11 is 0. The lowest BCUT2D eigenvalue weighted by Gasteiger charge is -2.41. The molecule has 0 aromatic carbocycles. The fourth-order valence-electron chi connectivity index (χ4n) is 1.76. The molecule has 0 aromatic rings. The van der Waals surface area contributed by atoms with Crippen molar-refractivity contribution in [2.24, 2.45) is 0 Å². The molecule has 1 heterocycles. The highest BCUT2D eigenvalue weighted by Gasteiger charge is 2.44. The minimum atomic E-state index is -1.37. The lowest BCUT2D eigenvalue weighted by Crippen LogP contribution is -2.64. The van der Waals surface area contributed by atoms with Gasteiger partial charge in [-0.3, -0.25) is 4.79 Å². The second-order valence-corrected chi connectivity index (χ2v) is 3.66. The largest absolute Gasteiger partial charge is 0.394 e. The van der Waals surface area contributed by atoms with E-state index in [1.807, 2.05) is 0 Å². The first-order valence-corrected chi connectivity index (χ1v) is 4.93. The third kappa shape index (κ3) is 2.69. The summed E-state index contributed by atoms with van der Waals surface area (Å²) in [5.74, 6) is -0.399. The van der Waals surface area contributed by atoms with Crippen molar-refractivity contribution in [1.29, 1.82) is 0 Å². The SMILES string of the molecule is CO[C@H]1[C@@H](O)[C@@H](NC(C)=O)[C@H](O)O[C@@H]1CO. The van der Waals surface area contributed by atoms with Gasteiger partial charge in [-0.05, 0) is 0 Å². The summed E-state index contributed by atoms with van der Waals surface area (Å²) in [5.41, 5.74) is 0. The molecule has 0 unspecified atom stereocenters. The summed E-state index contributed by atoms with van der Waals surface area (Å²) < 4.78 is 10.00. The molecule has 7 heteroatoms.